The van der Waals surface area contributed by atoms with E-state index in [-0.39, 0.29) is 5.91 Å². The molecule has 2 aromatic carbocycles. The first-order valence-corrected chi connectivity index (χ1v) is 9.28. The number of carbonyl (C=O) groups excluding carboxylic acids is 1. The smallest absolute Gasteiger partial charge is 0.251 e. The molecule has 25 heavy (non-hydrogen) atoms. The number of carbonyl (C=O) groups is 1. The summed E-state index contributed by atoms with van der Waals surface area (Å²) in [5.41, 5.74) is 1.76. The third kappa shape index (κ3) is 6.61. The molecule has 0 bridgehead atoms. The van der Waals surface area contributed by atoms with Crippen molar-refractivity contribution >= 4 is 5.91 Å². The minimum Gasteiger partial charge on any atom is -0.489 e. The van der Waals surface area contributed by atoms with Gasteiger partial charge in [0.25, 0.3) is 5.91 Å². The summed E-state index contributed by atoms with van der Waals surface area (Å²) in [4.78, 5) is 12.4. The van der Waals surface area contributed by atoms with Crippen LogP contribution in [0.25, 0.3) is 0 Å². The number of hydrogen-bond donors (Lipinski definition) is 1. The highest BCUT2D eigenvalue weighted by Crippen LogP contribution is 2.16. The highest BCUT2D eigenvalue weighted by molar-refractivity contribution is 5.94. The van der Waals surface area contributed by atoms with E-state index in [0.717, 1.165) is 24.3 Å². The molecule has 0 aromatic heterocycles. The van der Waals surface area contributed by atoms with E-state index < -0.39 is 0 Å². The van der Waals surface area contributed by atoms with Crippen molar-refractivity contribution in [3.8, 4) is 5.75 Å². The zero-order valence-electron chi connectivity index (χ0n) is 15.3. The van der Waals surface area contributed by atoms with Crippen molar-refractivity contribution in [2.24, 2.45) is 5.92 Å². The van der Waals surface area contributed by atoms with Gasteiger partial charge in [-0.1, -0.05) is 69.5 Å². The fourth-order valence-corrected chi connectivity index (χ4v) is 2.75. The number of rotatable bonds is 10. The van der Waals surface area contributed by atoms with Crippen LogP contribution in [-0.2, 0) is 6.61 Å². The molecule has 0 radical (unpaired) electrons. The van der Waals surface area contributed by atoms with Gasteiger partial charge in [0, 0.05) is 12.1 Å². The van der Waals surface area contributed by atoms with E-state index in [4.69, 9.17) is 4.74 Å². The molecule has 0 saturated heterocycles. The lowest BCUT2D eigenvalue weighted by Gasteiger charge is -2.15. The predicted octanol–water partition coefficient (Wildman–Crippen LogP) is 5.21. The Labute approximate surface area is 151 Å². The molecule has 2 rings (SSSR count). The maximum Gasteiger partial charge on any atom is 0.251 e. The molecule has 1 atom stereocenters. The Morgan fingerprint density at radius 1 is 1.08 bits per heavy atom. The van der Waals surface area contributed by atoms with Crippen LogP contribution in [0, 0.1) is 5.92 Å². The second kappa shape index (κ2) is 10.5. The number of nitrogens with one attached hydrogen (secondary N) is 1. The lowest BCUT2D eigenvalue weighted by molar-refractivity contribution is 0.0945. The Bertz CT molecular complexity index is 639. The summed E-state index contributed by atoms with van der Waals surface area (Å²) < 4.78 is 5.80. The normalized spacial score (nSPS) is 11.8. The predicted molar refractivity (Wildman–Crippen MR) is 103 cm³/mol. The molecular formula is C22H29NO2. The first kappa shape index (κ1) is 19.0. The molecule has 0 fully saturated rings. The average Bonchev–Trinajstić information content (AvgIpc) is 2.67. The zero-order valence-corrected chi connectivity index (χ0v) is 15.3. The monoisotopic (exact) mass is 339 g/mol. The van der Waals surface area contributed by atoms with Gasteiger partial charge in [-0.25, -0.2) is 0 Å². The van der Waals surface area contributed by atoms with E-state index in [1.54, 1.807) is 0 Å². The van der Waals surface area contributed by atoms with Crippen molar-refractivity contribution in [1.82, 2.24) is 5.32 Å². The van der Waals surface area contributed by atoms with Crippen LogP contribution in [0.4, 0.5) is 0 Å². The third-order valence-corrected chi connectivity index (χ3v) is 4.44. The summed E-state index contributed by atoms with van der Waals surface area (Å²) in [6.45, 7) is 5.63. The van der Waals surface area contributed by atoms with Crippen LogP contribution in [0.15, 0.2) is 54.6 Å². The molecule has 0 aliphatic carbocycles. The molecule has 3 nitrogen and oxygen atoms in total. The molecule has 134 valence electrons. The van der Waals surface area contributed by atoms with Crippen molar-refractivity contribution in [3.63, 3.8) is 0 Å². The first-order valence-electron chi connectivity index (χ1n) is 9.28. The van der Waals surface area contributed by atoms with Gasteiger partial charge in [-0.2, -0.15) is 0 Å². The van der Waals surface area contributed by atoms with Gasteiger partial charge < -0.3 is 10.1 Å². The third-order valence-electron chi connectivity index (χ3n) is 4.44. The van der Waals surface area contributed by atoms with Gasteiger partial charge in [0.15, 0.2) is 0 Å². The highest BCUT2D eigenvalue weighted by atomic mass is 16.5. The molecule has 0 unspecified atom stereocenters. The van der Waals surface area contributed by atoms with E-state index in [0.29, 0.717) is 18.1 Å². The van der Waals surface area contributed by atoms with E-state index in [2.05, 4.69) is 19.2 Å². The number of benzene rings is 2. The summed E-state index contributed by atoms with van der Waals surface area (Å²) in [6, 6.07) is 17.4. The minimum absolute atomic E-state index is 0.0277. The number of ether oxygens (including phenoxy) is 1. The Morgan fingerprint density at radius 2 is 1.88 bits per heavy atom. The molecule has 0 saturated carbocycles. The van der Waals surface area contributed by atoms with Gasteiger partial charge in [-0.05, 0) is 36.1 Å². The van der Waals surface area contributed by atoms with Crippen LogP contribution in [0.1, 0.15) is 55.5 Å². The van der Waals surface area contributed by atoms with Crippen LogP contribution < -0.4 is 10.1 Å². The summed E-state index contributed by atoms with van der Waals surface area (Å²) in [6.07, 6.45) is 4.69. The molecule has 0 spiro atoms. The van der Waals surface area contributed by atoms with Crippen molar-refractivity contribution in [2.75, 3.05) is 6.54 Å². The summed E-state index contributed by atoms with van der Waals surface area (Å²) in [7, 11) is 0. The minimum atomic E-state index is -0.0277. The Hall–Kier alpha value is -2.29. The SMILES string of the molecule is CCCC[C@H](CC)CNC(=O)c1cccc(OCc2ccccc2)c1. The molecule has 3 heteroatoms. The molecule has 0 heterocycles. The maximum absolute atomic E-state index is 12.4. The number of unbranched alkanes of at least 4 members (excludes halogenated alkanes) is 1. The van der Waals surface area contributed by atoms with E-state index in [1.165, 1.54) is 19.3 Å². The standard InChI is InChI=1S/C22H29NO2/c1-3-5-10-18(4-2)16-23-22(24)20-13-9-14-21(15-20)25-17-19-11-7-6-8-12-19/h6-9,11-15,18H,3-5,10,16-17H2,1-2H3,(H,23,24)/t18-/m0/s1. The summed E-state index contributed by atoms with van der Waals surface area (Å²) >= 11 is 0. The molecule has 2 aromatic rings. The lowest BCUT2D eigenvalue weighted by Crippen LogP contribution is -2.29. The van der Waals surface area contributed by atoms with E-state index in [1.807, 2.05) is 54.6 Å². The topological polar surface area (TPSA) is 38.3 Å². The van der Waals surface area contributed by atoms with Gasteiger partial charge in [0.1, 0.15) is 12.4 Å². The fraction of sp³-hybridized carbons (Fsp3) is 0.409. The average molecular weight is 339 g/mol. The number of hydrogen-bond acceptors (Lipinski definition) is 2. The molecule has 0 aliphatic rings. The second-order valence-corrected chi connectivity index (χ2v) is 6.43. The van der Waals surface area contributed by atoms with Crippen molar-refractivity contribution in [1.29, 1.82) is 0 Å². The first-order chi connectivity index (χ1) is 12.2. The summed E-state index contributed by atoms with van der Waals surface area (Å²) in [5.74, 6) is 1.25. The molecular weight excluding hydrogens is 310 g/mol. The van der Waals surface area contributed by atoms with Gasteiger partial charge in [-0.3, -0.25) is 4.79 Å². The van der Waals surface area contributed by atoms with Crippen molar-refractivity contribution in [3.05, 3.63) is 65.7 Å². The van der Waals surface area contributed by atoms with Crippen molar-refractivity contribution < 1.29 is 9.53 Å². The van der Waals surface area contributed by atoms with Crippen LogP contribution in [0.3, 0.4) is 0 Å². The number of amides is 1. The van der Waals surface area contributed by atoms with Crippen molar-refractivity contribution in [2.45, 2.75) is 46.1 Å². The van der Waals surface area contributed by atoms with Gasteiger partial charge in [0.2, 0.25) is 0 Å². The quantitative estimate of drug-likeness (QED) is 0.645. The Kier molecular flexibility index (Phi) is 8.03. The summed E-state index contributed by atoms with van der Waals surface area (Å²) in [5, 5.41) is 3.07. The fourth-order valence-electron chi connectivity index (χ4n) is 2.75. The molecule has 1 N–H and O–H groups in total. The van der Waals surface area contributed by atoms with Crippen LogP contribution in [-0.4, -0.2) is 12.5 Å². The Morgan fingerprint density at radius 3 is 2.60 bits per heavy atom. The molecule has 1 amide bonds. The Balaban J connectivity index is 1.87. The molecule has 0 aliphatic heterocycles. The second-order valence-electron chi connectivity index (χ2n) is 6.43. The van der Waals surface area contributed by atoms with Gasteiger partial charge in [-0.15, -0.1) is 0 Å². The van der Waals surface area contributed by atoms with Crippen LogP contribution in [0.5, 0.6) is 5.75 Å². The van der Waals surface area contributed by atoms with Crippen LogP contribution in [0.2, 0.25) is 0 Å². The van der Waals surface area contributed by atoms with E-state index in [9.17, 15) is 4.79 Å². The lowest BCUT2D eigenvalue weighted by atomic mass is 9.99. The maximum atomic E-state index is 12.4. The zero-order chi connectivity index (χ0) is 17.9. The van der Waals surface area contributed by atoms with Gasteiger partial charge in [0.05, 0.1) is 0 Å². The van der Waals surface area contributed by atoms with Crippen LogP contribution >= 0.6 is 0 Å². The van der Waals surface area contributed by atoms with E-state index >= 15 is 0 Å². The van der Waals surface area contributed by atoms with Gasteiger partial charge >= 0.3 is 0 Å². The largest absolute Gasteiger partial charge is 0.489 e. The highest BCUT2D eigenvalue weighted by Gasteiger charge is 2.10.